The van der Waals surface area contributed by atoms with Gasteiger partial charge in [0.2, 0.25) is 0 Å². The molecule has 1 aromatic rings. The maximum absolute atomic E-state index is 12.3. The first-order valence-electron chi connectivity index (χ1n) is 6.94. The van der Waals surface area contributed by atoms with Gasteiger partial charge in [-0.2, -0.15) is 5.10 Å². The van der Waals surface area contributed by atoms with Gasteiger partial charge >= 0.3 is 0 Å². The zero-order valence-corrected chi connectivity index (χ0v) is 12.3. The SMILES string of the molecule is Cn1nc(C(C)(C)C)cc1C(=O)N[C@H]1CCCNC1. The molecule has 0 aromatic carbocycles. The fraction of sp³-hybridized carbons (Fsp3) is 0.714. The molecule has 0 aliphatic carbocycles. The molecule has 106 valence electrons. The molecule has 0 unspecified atom stereocenters. The van der Waals surface area contributed by atoms with Gasteiger partial charge < -0.3 is 10.6 Å². The van der Waals surface area contributed by atoms with Crippen molar-refractivity contribution in [2.24, 2.45) is 7.05 Å². The first-order valence-corrected chi connectivity index (χ1v) is 6.94. The van der Waals surface area contributed by atoms with Crippen LogP contribution in [0.4, 0.5) is 0 Å². The van der Waals surface area contributed by atoms with Gasteiger partial charge in [-0.1, -0.05) is 20.8 Å². The van der Waals surface area contributed by atoms with E-state index in [-0.39, 0.29) is 17.4 Å². The van der Waals surface area contributed by atoms with Crippen molar-refractivity contribution in [2.75, 3.05) is 13.1 Å². The molecule has 19 heavy (non-hydrogen) atoms. The van der Waals surface area contributed by atoms with Crippen LogP contribution in [-0.4, -0.2) is 34.8 Å². The van der Waals surface area contributed by atoms with Crippen molar-refractivity contribution in [2.45, 2.75) is 45.1 Å². The first kappa shape index (κ1) is 14.1. The number of aromatic nitrogens is 2. The van der Waals surface area contributed by atoms with E-state index < -0.39 is 0 Å². The molecule has 0 saturated carbocycles. The Balaban J connectivity index is 2.08. The topological polar surface area (TPSA) is 59.0 Å². The summed E-state index contributed by atoms with van der Waals surface area (Å²) >= 11 is 0. The highest BCUT2D eigenvalue weighted by molar-refractivity contribution is 5.92. The molecule has 5 heteroatoms. The molecule has 2 heterocycles. The number of hydrogen-bond acceptors (Lipinski definition) is 3. The molecule has 2 rings (SSSR count). The molecule has 1 amide bonds. The van der Waals surface area contributed by atoms with Crippen LogP contribution in [-0.2, 0) is 12.5 Å². The zero-order chi connectivity index (χ0) is 14.0. The van der Waals surface area contributed by atoms with Crippen LogP contribution < -0.4 is 10.6 Å². The Morgan fingerprint density at radius 1 is 1.53 bits per heavy atom. The normalized spacial score (nSPS) is 20.3. The van der Waals surface area contributed by atoms with E-state index in [1.54, 1.807) is 4.68 Å². The molecular formula is C14H24N4O. The maximum atomic E-state index is 12.3. The molecule has 1 aliphatic heterocycles. The van der Waals surface area contributed by atoms with E-state index in [0.29, 0.717) is 5.69 Å². The molecule has 1 atom stereocenters. The number of carbonyl (C=O) groups is 1. The Kier molecular flexibility index (Phi) is 3.94. The Bertz CT molecular complexity index is 453. The quantitative estimate of drug-likeness (QED) is 0.844. The van der Waals surface area contributed by atoms with Gasteiger partial charge in [-0.15, -0.1) is 0 Å². The second-order valence-electron chi connectivity index (χ2n) is 6.31. The summed E-state index contributed by atoms with van der Waals surface area (Å²) < 4.78 is 1.67. The van der Waals surface area contributed by atoms with Crippen LogP contribution >= 0.6 is 0 Å². The molecule has 2 N–H and O–H groups in total. The Morgan fingerprint density at radius 2 is 2.26 bits per heavy atom. The monoisotopic (exact) mass is 264 g/mol. The van der Waals surface area contributed by atoms with Gasteiger partial charge in [0.15, 0.2) is 0 Å². The highest BCUT2D eigenvalue weighted by Gasteiger charge is 2.23. The van der Waals surface area contributed by atoms with E-state index in [0.717, 1.165) is 31.6 Å². The number of amides is 1. The molecule has 5 nitrogen and oxygen atoms in total. The molecule has 0 spiro atoms. The molecule has 1 aliphatic rings. The van der Waals surface area contributed by atoms with Crippen LogP contribution in [0.3, 0.4) is 0 Å². The smallest absolute Gasteiger partial charge is 0.269 e. The fourth-order valence-electron chi connectivity index (χ4n) is 2.28. The summed E-state index contributed by atoms with van der Waals surface area (Å²) in [4.78, 5) is 12.3. The summed E-state index contributed by atoms with van der Waals surface area (Å²) in [6, 6.07) is 2.13. The van der Waals surface area contributed by atoms with Crippen LogP contribution in [0.5, 0.6) is 0 Å². The van der Waals surface area contributed by atoms with Crippen molar-refractivity contribution in [1.82, 2.24) is 20.4 Å². The van der Waals surface area contributed by atoms with Gasteiger partial charge in [0.25, 0.3) is 5.91 Å². The number of rotatable bonds is 2. The van der Waals surface area contributed by atoms with Gasteiger partial charge in [0, 0.05) is 25.0 Å². The Hall–Kier alpha value is -1.36. The van der Waals surface area contributed by atoms with Crippen LogP contribution in [0.15, 0.2) is 6.07 Å². The summed E-state index contributed by atoms with van der Waals surface area (Å²) in [5.41, 5.74) is 1.54. The summed E-state index contributed by atoms with van der Waals surface area (Å²) in [7, 11) is 1.82. The molecular weight excluding hydrogens is 240 g/mol. The maximum Gasteiger partial charge on any atom is 0.269 e. The van der Waals surface area contributed by atoms with Crippen molar-refractivity contribution < 1.29 is 4.79 Å². The van der Waals surface area contributed by atoms with Gasteiger partial charge in [-0.3, -0.25) is 9.48 Å². The largest absolute Gasteiger partial charge is 0.347 e. The van der Waals surface area contributed by atoms with E-state index in [1.165, 1.54) is 0 Å². The lowest BCUT2D eigenvalue weighted by Gasteiger charge is -2.23. The Labute approximate surface area is 114 Å². The summed E-state index contributed by atoms with van der Waals surface area (Å²) in [5.74, 6) is -0.0285. The van der Waals surface area contributed by atoms with E-state index in [2.05, 4.69) is 36.5 Å². The first-order chi connectivity index (χ1) is 8.88. The summed E-state index contributed by atoms with van der Waals surface area (Å²) in [6.07, 6.45) is 2.16. The predicted molar refractivity (Wildman–Crippen MR) is 75.3 cm³/mol. The highest BCUT2D eigenvalue weighted by atomic mass is 16.2. The van der Waals surface area contributed by atoms with Crippen LogP contribution in [0.25, 0.3) is 0 Å². The van der Waals surface area contributed by atoms with Gasteiger partial charge in [0.05, 0.1) is 5.69 Å². The third kappa shape index (κ3) is 3.35. The number of aryl methyl sites for hydroxylation is 1. The zero-order valence-electron chi connectivity index (χ0n) is 12.3. The van der Waals surface area contributed by atoms with Gasteiger partial charge in [0.1, 0.15) is 5.69 Å². The third-order valence-electron chi connectivity index (χ3n) is 3.51. The van der Waals surface area contributed by atoms with E-state index in [4.69, 9.17) is 0 Å². The molecule has 0 radical (unpaired) electrons. The van der Waals surface area contributed by atoms with Crippen molar-refractivity contribution in [3.63, 3.8) is 0 Å². The van der Waals surface area contributed by atoms with Crippen LogP contribution in [0.1, 0.15) is 49.8 Å². The minimum atomic E-state index is -0.0390. The number of hydrogen-bond donors (Lipinski definition) is 2. The van der Waals surface area contributed by atoms with Crippen molar-refractivity contribution in [3.8, 4) is 0 Å². The lowest BCUT2D eigenvalue weighted by Crippen LogP contribution is -2.46. The van der Waals surface area contributed by atoms with E-state index in [9.17, 15) is 4.79 Å². The van der Waals surface area contributed by atoms with E-state index in [1.807, 2.05) is 13.1 Å². The van der Waals surface area contributed by atoms with Gasteiger partial charge in [-0.25, -0.2) is 0 Å². The van der Waals surface area contributed by atoms with E-state index >= 15 is 0 Å². The van der Waals surface area contributed by atoms with Crippen molar-refractivity contribution in [1.29, 1.82) is 0 Å². The summed E-state index contributed by atoms with van der Waals surface area (Å²) in [6.45, 7) is 8.20. The van der Waals surface area contributed by atoms with Crippen LogP contribution in [0.2, 0.25) is 0 Å². The number of nitrogens with zero attached hydrogens (tertiary/aromatic N) is 2. The molecule has 0 bridgehead atoms. The van der Waals surface area contributed by atoms with Crippen molar-refractivity contribution >= 4 is 5.91 Å². The lowest BCUT2D eigenvalue weighted by molar-refractivity contribution is 0.0921. The number of nitrogens with one attached hydrogen (secondary N) is 2. The average Bonchev–Trinajstić information content (AvgIpc) is 2.72. The molecule has 1 fully saturated rings. The third-order valence-corrected chi connectivity index (χ3v) is 3.51. The second kappa shape index (κ2) is 5.33. The minimum absolute atomic E-state index is 0.0285. The van der Waals surface area contributed by atoms with Gasteiger partial charge in [-0.05, 0) is 25.5 Å². The average molecular weight is 264 g/mol. The van der Waals surface area contributed by atoms with Crippen LogP contribution in [0, 0.1) is 0 Å². The minimum Gasteiger partial charge on any atom is -0.347 e. The lowest BCUT2D eigenvalue weighted by atomic mass is 9.92. The number of piperidine rings is 1. The van der Waals surface area contributed by atoms with Crippen molar-refractivity contribution in [3.05, 3.63) is 17.5 Å². The molecule has 1 aromatic heterocycles. The molecule has 1 saturated heterocycles. The Morgan fingerprint density at radius 3 is 2.79 bits per heavy atom. The predicted octanol–water partition coefficient (Wildman–Crippen LogP) is 1.20. The number of carbonyl (C=O) groups excluding carboxylic acids is 1. The second-order valence-corrected chi connectivity index (χ2v) is 6.31. The fourth-order valence-corrected chi connectivity index (χ4v) is 2.28. The standard InChI is InChI=1S/C14H24N4O/c1-14(2,3)12-8-11(18(4)17-12)13(19)16-10-6-5-7-15-9-10/h8,10,15H,5-7,9H2,1-4H3,(H,16,19)/t10-/m0/s1. The summed E-state index contributed by atoms with van der Waals surface area (Å²) in [5, 5.41) is 10.8. The highest BCUT2D eigenvalue weighted by Crippen LogP contribution is 2.21.